The van der Waals surface area contributed by atoms with Gasteiger partial charge in [0.25, 0.3) is 0 Å². The van der Waals surface area contributed by atoms with Crippen molar-refractivity contribution in [2.24, 2.45) is 5.92 Å². The number of nitrogens with zero attached hydrogens (tertiary/aromatic N) is 3. The lowest BCUT2D eigenvalue weighted by Gasteiger charge is -2.27. The number of rotatable bonds is 4. The van der Waals surface area contributed by atoms with Crippen LogP contribution >= 0.6 is 0 Å². The van der Waals surface area contributed by atoms with Crippen molar-refractivity contribution < 1.29 is 19.6 Å². The van der Waals surface area contributed by atoms with E-state index in [9.17, 15) is 14.9 Å². The number of hydrogen-bond acceptors (Lipinski definition) is 6. The summed E-state index contributed by atoms with van der Waals surface area (Å²) in [6.07, 6.45) is 1.36. The number of ether oxygens (including phenoxy) is 1. The van der Waals surface area contributed by atoms with E-state index in [1.807, 2.05) is 0 Å². The molecule has 1 N–H and O–H groups in total. The number of pyridine rings is 1. The van der Waals surface area contributed by atoms with Gasteiger partial charge in [-0.05, 0) is 16.0 Å². The van der Waals surface area contributed by atoms with E-state index in [1.54, 1.807) is 18.0 Å². The molecule has 2 atom stereocenters. The fourth-order valence-corrected chi connectivity index (χ4v) is 2.05. The monoisotopic (exact) mass is 267 g/mol. The van der Waals surface area contributed by atoms with E-state index in [-0.39, 0.29) is 18.5 Å². The van der Waals surface area contributed by atoms with Gasteiger partial charge in [0.1, 0.15) is 5.92 Å². The number of carbonyl (C=O) groups is 1. The van der Waals surface area contributed by atoms with Gasteiger partial charge in [0, 0.05) is 13.1 Å². The highest BCUT2D eigenvalue weighted by atomic mass is 16.6. The Bertz CT molecular complexity index is 490. The van der Waals surface area contributed by atoms with Crippen LogP contribution in [0.3, 0.4) is 0 Å². The van der Waals surface area contributed by atoms with E-state index in [2.05, 4.69) is 4.98 Å². The summed E-state index contributed by atoms with van der Waals surface area (Å²) in [5.74, 6) is -1.76. The second-order valence-corrected chi connectivity index (χ2v) is 4.29. The largest absolute Gasteiger partial charge is 0.481 e. The second kappa shape index (κ2) is 5.19. The van der Waals surface area contributed by atoms with E-state index in [4.69, 9.17) is 9.84 Å². The minimum atomic E-state index is -0.913. The van der Waals surface area contributed by atoms with Crippen molar-refractivity contribution in [2.75, 3.05) is 25.2 Å². The van der Waals surface area contributed by atoms with Crippen molar-refractivity contribution in [1.29, 1.82) is 0 Å². The molecule has 1 aliphatic heterocycles. The van der Waals surface area contributed by atoms with Gasteiger partial charge in [0.15, 0.2) is 6.20 Å². The smallest absolute Gasteiger partial charge is 0.363 e. The van der Waals surface area contributed by atoms with Gasteiger partial charge in [-0.25, -0.2) is 0 Å². The number of nitro groups is 1. The van der Waals surface area contributed by atoms with E-state index in [1.165, 1.54) is 12.3 Å². The maximum atomic E-state index is 11.1. The SMILES string of the molecule is CN(c1ccc([N+](=O)[O-])nc1)C1COCC1C(=O)O. The van der Waals surface area contributed by atoms with Gasteiger partial charge >= 0.3 is 11.8 Å². The third kappa shape index (κ3) is 2.63. The van der Waals surface area contributed by atoms with E-state index in [0.717, 1.165) is 0 Å². The Kier molecular flexibility index (Phi) is 3.61. The van der Waals surface area contributed by atoms with Crippen LogP contribution in [0.1, 0.15) is 0 Å². The van der Waals surface area contributed by atoms with Crippen molar-refractivity contribution in [2.45, 2.75) is 6.04 Å². The Morgan fingerprint density at radius 2 is 2.32 bits per heavy atom. The van der Waals surface area contributed by atoms with Crippen LogP contribution in [-0.2, 0) is 9.53 Å². The molecule has 0 saturated carbocycles. The number of aromatic nitrogens is 1. The Hall–Kier alpha value is -2.22. The first-order valence-corrected chi connectivity index (χ1v) is 5.64. The summed E-state index contributed by atoms with van der Waals surface area (Å²) in [5.41, 5.74) is 0.618. The van der Waals surface area contributed by atoms with Crippen molar-refractivity contribution >= 4 is 17.5 Å². The highest BCUT2D eigenvalue weighted by Gasteiger charge is 2.37. The fourth-order valence-electron chi connectivity index (χ4n) is 2.05. The molecule has 0 aromatic carbocycles. The molecule has 0 amide bonds. The number of aliphatic carboxylic acids is 1. The van der Waals surface area contributed by atoms with Gasteiger partial charge in [0.2, 0.25) is 0 Å². The normalized spacial score (nSPS) is 22.2. The van der Waals surface area contributed by atoms with Crippen LogP contribution in [0, 0.1) is 16.0 Å². The number of hydrogen-bond donors (Lipinski definition) is 1. The van der Waals surface area contributed by atoms with E-state index in [0.29, 0.717) is 12.3 Å². The molecule has 1 aliphatic rings. The maximum Gasteiger partial charge on any atom is 0.363 e. The Balaban J connectivity index is 2.17. The predicted octanol–water partition coefficient (Wildman–Crippen LogP) is 0.526. The van der Waals surface area contributed by atoms with Gasteiger partial charge < -0.3 is 24.9 Å². The molecule has 1 saturated heterocycles. The molecule has 0 bridgehead atoms. The first-order valence-electron chi connectivity index (χ1n) is 5.64. The molecule has 0 spiro atoms. The van der Waals surface area contributed by atoms with E-state index < -0.39 is 16.8 Å². The lowest BCUT2D eigenvalue weighted by atomic mass is 10.0. The van der Waals surface area contributed by atoms with Gasteiger partial charge in [-0.2, -0.15) is 0 Å². The second-order valence-electron chi connectivity index (χ2n) is 4.29. The maximum absolute atomic E-state index is 11.1. The Labute approximate surface area is 108 Å². The summed E-state index contributed by atoms with van der Waals surface area (Å²) in [4.78, 5) is 26.4. The van der Waals surface area contributed by atoms with Crippen molar-refractivity contribution in [3.8, 4) is 0 Å². The van der Waals surface area contributed by atoms with Gasteiger partial charge in [-0.3, -0.25) is 4.79 Å². The summed E-state index contributed by atoms with van der Waals surface area (Å²) in [6.45, 7) is 0.481. The molecule has 2 heterocycles. The Morgan fingerprint density at radius 1 is 1.58 bits per heavy atom. The molecule has 1 aromatic rings. The van der Waals surface area contributed by atoms with Crippen LogP contribution in [0.5, 0.6) is 0 Å². The van der Waals surface area contributed by atoms with Crippen molar-refractivity contribution in [1.82, 2.24) is 4.98 Å². The lowest BCUT2D eigenvalue weighted by Crippen LogP contribution is -2.40. The number of carboxylic acids is 1. The highest BCUT2D eigenvalue weighted by Crippen LogP contribution is 2.24. The topological polar surface area (TPSA) is 106 Å². The molecule has 1 fully saturated rings. The third-order valence-electron chi connectivity index (χ3n) is 3.19. The molecule has 1 aromatic heterocycles. The van der Waals surface area contributed by atoms with E-state index >= 15 is 0 Å². The summed E-state index contributed by atoms with van der Waals surface area (Å²) in [5, 5.41) is 19.6. The van der Waals surface area contributed by atoms with Crippen LogP contribution < -0.4 is 4.90 Å². The zero-order chi connectivity index (χ0) is 14.0. The molecular formula is C11H13N3O5. The summed E-state index contributed by atoms with van der Waals surface area (Å²) >= 11 is 0. The summed E-state index contributed by atoms with van der Waals surface area (Å²) < 4.78 is 5.18. The molecule has 8 heteroatoms. The molecule has 2 rings (SSSR count). The zero-order valence-corrected chi connectivity index (χ0v) is 10.2. The molecule has 0 radical (unpaired) electrons. The predicted molar refractivity (Wildman–Crippen MR) is 65.0 cm³/mol. The number of carboxylic acid groups (broad SMARTS) is 1. The van der Waals surface area contributed by atoms with Gasteiger partial charge in [-0.15, -0.1) is 0 Å². The lowest BCUT2D eigenvalue weighted by molar-refractivity contribution is -0.389. The van der Waals surface area contributed by atoms with Crippen LogP contribution in [0.2, 0.25) is 0 Å². The van der Waals surface area contributed by atoms with Crippen molar-refractivity contribution in [3.63, 3.8) is 0 Å². The quantitative estimate of drug-likeness (QED) is 0.626. The van der Waals surface area contributed by atoms with Gasteiger partial charge in [0.05, 0.1) is 24.9 Å². The molecule has 0 aliphatic carbocycles. The van der Waals surface area contributed by atoms with Gasteiger partial charge in [-0.1, -0.05) is 0 Å². The molecule has 102 valence electrons. The van der Waals surface area contributed by atoms with Crippen molar-refractivity contribution in [3.05, 3.63) is 28.4 Å². The summed E-state index contributed by atoms with van der Waals surface area (Å²) in [7, 11) is 1.72. The fraction of sp³-hybridized carbons (Fsp3) is 0.455. The average Bonchev–Trinajstić information content (AvgIpc) is 2.87. The van der Waals surface area contributed by atoms with Crippen LogP contribution in [0.15, 0.2) is 18.3 Å². The third-order valence-corrected chi connectivity index (χ3v) is 3.19. The Morgan fingerprint density at radius 3 is 2.84 bits per heavy atom. The van der Waals surface area contributed by atoms with Crippen LogP contribution in [0.25, 0.3) is 0 Å². The molecule has 2 unspecified atom stereocenters. The molecular weight excluding hydrogens is 254 g/mol. The molecule has 19 heavy (non-hydrogen) atoms. The van der Waals surface area contributed by atoms with Crippen LogP contribution in [0.4, 0.5) is 11.5 Å². The molecule has 8 nitrogen and oxygen atoms in total. The minimum absolute atomic E-state index is 0.171. The first-order chi connectivity index (χ1) is 9.00. The minimum Gasteiger partial charge on any atom is -0.481 e. The first kappa shape index (κ1) is 13.2. The highest BCUT2D eigenvalue weighted by molar-refractivity contribution is 5.72. The van der Waals surface area contributed by atoms with Crippen LogP contribution in [-0.4, -0.2) is 47.3 Å². The standard InChI is InChI=1S/C11H13N3O5/c1-13(9-6-19-5-8(9)11(15)16)7-2-3-10(12-4-7)14(17)18/h2-4,8-9H,5-6H2,1H3,(H,15,16). The zero-order valence-electron chi connectivity index (χ0n) is 10.2. The summed E-state index contributed by atoms with van der Waals surface area (Å²) in [6, 6.07) is 2.53. The number of likely N-dealkylation sites (N-methyl/N-ethyl adjacent to an activating group) is 1. The number of anilines is 1. The average molecular weight is 267 g/mol.